The van der Waals surface area contributed by atoms with Crippen LogP contribution in [0.4, 0.5) is 5.69 Å². The molecule has 3 aromatic rings. The maximum absolute atomic E-state index is 13.4. The summed E-state index contributed by atoms with van der Waals surface area (Å²) >= 11 is 0. The van der Waals surface area contributed by atoms with Gasteiger partial charge < -0.3 is 15.0 Å². The molecule has 2 aromatic carbocycles. The van der Waals surface area contributed by atoms with E-state index < -0.39 is 0 Å². The average Bonchev–Trinajstić information content (AvgIpc) is 3.06. The van der Waals surface area contributed by atoms with Crippen molar-refractivity contribution in [3.63, 3.8) is 0 Å². The van der Waals surface area contributed by atoms with E-state index in [0.717, 1.165) is 64.9 Å². The molecule has 0 unspecified atom stereocenters. The van der Waals surface area contributed by atoms with Gasteiger partial charge in [-0.15, -0.1) is 0 Å². The number of piperidine rings is 1. The fraction of sp³-hybridized carbons (Fsp3) is 0.375. The molecule has 5 rings (SSSR count). The first kappa shape index (κ1) is 17.5. The number of aryl methyl sites for hydroxylation is 1. The van der Waals surface area contributed by atoms with Gasteiger partial charge in [-0.25, -0.2) is 0 Å². The largest absolute Gasteiger partial charge is 0.393 e. The Bertz CT molecular complexity index is 1100. The summed E-state index contributed by atoms with van der Waals surface area (Å²) in [5.41, 5.74) is 6.79. The number of carbonyl (C=O) groups excluding carboxylic acids is 1. The van der Waals surface area contributed by atoms with Crippen molar-refractivity contribution in [2.45, 2.75) is 45.1 Å². The lowest BCUT2D eigenvalue weighted by molar-refractivity contribution is 0.103. The Balaban J connectivity index is 1.65. The zero-order valence-electron chi connectivity index (χ0n) is 16.7. The summed E-state index contributed by atoms with van der Waals surface area (Å²) in [4.78, 5) is 19.3. The Morgan fingerprint density at radius 2 is 1.86 bits per heavy atom. The maximum atomic E-state index is 13.4. The number of anilines is 1. The van der Waals surface area contributed by atoms with Crippen LogP contribution >= 0.6 is 0 Å². The number of aliphatic hydroxyl groups is 1. The Morgan fingerprint density at radius 3 is 2.61 bits per heavy atom. The number of H-pyrrole nitrogens is 1. The van der Waals surface area contributed by atoms with Gasteiger partial charge in [0, 0.05) is 46.4 Å². The van der Waals surface area contributed by atoms with Crippen molar-refractivity contribution in [2.24, 2.45) is 0 Å². The van der Waals surface area contributed by atoms with Crippen LogP contribution in [0, 0.1) is 6.92 Å². The zero-order valence-corrected chi connectivity index (χ0v) is 16.7. The lowest BCUT2D eigenvalue weighted by atomic mass is 9.71. The molecule has 2 heterocycles. The molecule has 0 bridgehead atoms. The van der Waals surface area contributed by atoms with Crippen LogP contribution in [0.1, 0.15) is 59.4 Å². The minimum Gasteiger partial charge on any atom is -0.393 e. The summed E-state index contributed by atoms with van der Waals surface area (Å²) < 4.78 is 0. The van der Waals surface area contributed by atoms with E-state index in [2.05, 4.69) is 61.0 Å². The molecule has 1 aliphatic carbocycles. The smallest absolute Gasteiger partial charge is 0.195 e. The van der Waals surface area contributed by atoms with Gasteiger partial charge in [0.15, 0.2) is 5.78 Å². The number of nitrogens with one attached hydrogen (secondary N) is 1. The van der Waals surface area contributed by atoms with Crippen LogP contribution in [-0.4, -0.2) is 35.1 Å². The lowest BCUT2D eigenvalue weighted by Crippen LogP contribution is -2.36. The number of benzene rings is 2. The quantitative estimate of drug-likeness (QED) is 0.667. The Morgan fingerprint density at radius 1 is 1.11 bits per heavy atom. The lowest BCUT2D eigenvalue weighted by Gasteiger charge is -2.35. The molecule has 4 heteroatoms. The second kappa shape index (κ2) is 5.95. The molecule has 0 atom stereocenters. The van der Waals surface area contributed by atoms with Crippen molar-refractivity contribution in [1.29, 1.82) is 0 Å². The Hall–Kier alpha value is -2.59. The van der Waals surface area contributed by atoms with Gasteiger partial charge in [-0.1, -0.05) is 26.0 Å². The molecule has 2 aliphatic rings. The van der Waals surface area contributed by atoms with Crippen molar-refractivity contribution in [2.75, 3.05) is 18.0 Å². The van der Waals surface area contributed by atoms with Crippen LogP contribution in [0.5, 0.6) is 0 Å². The molecule has 144 valence electrons. The third-order valence-electron chi connectivity index (χ3n) is 6.56. The Kier molecular flexibility index (Phi) is 3.72. The normalized spacial score (nSPS) is 19.0. The summed E-state index contributed by atoms with van der Waals surface area (Å²) in [6, 6.07) is 12.5. The second-order valence-corrected chi connectivity index (χ2v) is 8.83. The molecule has 1 fully saturated rings. The highest BCUT2D eigenvalue weighted by molar-refractivity contribution is 6.20. The van der Waals surface area contributed by atoms with Crippen LogP contribution in [-0.2, 0) is 5.41 Å². The van der Waals surface area contributed by atoms with E-state index in [1.165, 1.54) is 5.56 Å². The molecule has 0 saturated carbocycles. The van der Waals surface area contributed by atoms with Gasteiger partial charge >= 0.3 is 0 Å². The molecule has 28 heavy (non-hydrogen) atoms. The first-order chi connectivity index (χ1) is 13.4. The van der Waals surface area contributed by atoms with Gasteiger partial charge in [0.25, 0.3) is 0 Å². The number of aromatic amines is 1. The monoisotopic (exact) mass is 374 g/mol. The average molecular weight is 374 g/mol. The fourth-order valence-electron chi connectivity index (χ4n) is 4.85. The molecule has 0 spiro atoms. The fourth-order valence-corrected chi connectivity index (χ4v) is 4.85. The first-order valence-corrected chi connectivity index (χ1v) is 10.1. The number of aliphatic hydroxyl groups excluding tert-OH is 1. The highest BCUT2D eigenvalue weighted by Crippen LogP contribution is 2.44. The summed E-state index contributed by atoms with van der Waals surface area (Å²) in [5, 5.41) is 10.8. The van der Waals surface area contributed by atoms with E-state index in [4.69, 9.17) is 0 Å². The van der Waals surface area contributed by atoms with Gasteiger partial charge in [0.2, 0.25) is 0 Å². The highest BCUT2D eigenvalue weighted by Gasteiger charge is 2.40. The van der Waals surface area contributed by atoms with E-state index in [9.17, 15) is 9.90 Å². The van der Waals surface area contributed by atoms with Crippen LogP contribution in [0.3, 0.4) is 0 Å². The predicted octanol–water partition coefficient (Wildman–Crippen LogP) is 4.31. The number of nitrogens with zero attached hydrogens (tertiary/aromatic N) is 1. The van der Waals surface area contributed by atoms with E-state index in [1.807, 2.05) is 6.07 Å². The molecular weight excluding hydrogens is 348 g/mol. The number of ketones is 1. The molecule has 0 radical (unpaired) electrons. The van der Waals surface area contributed by atoms with Gasteiger partial charge in [-0.3, -0.25) is 4.79 Å². The summed E-state index contributed by atoms with van der Waals surface area (Å²) in [5.74, 6) is 0.111. The van der Waals surface area contributed by atoms with Gasteiger partial charge in [0.1, 0.15) is 0 Å². The SMILES string of the molecule is Cc1ccc2c3c([nH]c2c1)C(C)(C)c1cc(N2CCC(O)CC2)ccc1C3=O. The first-order valence-electron chi connectivity index (χ1n) is 10.1. The van der Waals surface area contributed by atoms with Crippen LogP contribution in [0.15, 0.2) is 36.4 Å². The van der Waals surface area contributed by atoms with E-state index in [-0.39, 0.29) is 17.3 Å². The number of carbonyl (C=O) groups is 1. The minimum absolute atomic E-state index is 0.111. The van der Waals surface area contributed by atoms with Gasteiger partial charge in [0.05, 0.1) is 11.7 Å². The molecule has 0 amide bonds. The van der Waals surface area contributed by atoms with Crippen molar-refractivity contribution in [3.05, 3.63) is 64.3 Å². The predicted molar refractivity (Wildman–Crippen MR) is 112 cm³/mol. The second-order valence-electron chi connectivity index (χ2n) is 8.83. The number of hydrogen-bond acceptors (Lipinski definition) is 3. The molecule has 1 aliphatic heterocycles. The molecule has 4 nitrogen and oxygen atoms in total. The minimum atomic E-state index is -0.281. The number of hydrogen-bond donors (Lipinski definition) is 2. The van der Waals surface area contributed by atoms with Crippen molar-refractivity contribution in [1.82, 2.24) is 4.98 Å². The third kappa shape index (κ3) is 2.44. The van der Waals surface area contributed by atoms with Crippen molar-refractivity contribution < 1.29 is 9.90 Å². The van der Waals surface area contributed by atoms with Crippen LogP contribution in [0.25, 0.3) is 10.9 Å². The van der Waals surface area contributed by atoms with E-state index >= 15 is 0 Å². The molecule has 1 aromatic heterocycles. The molecule has 2 N–H and O–H groups in total. The number of rotatable bonds is 1. The van der Waals surface area contributed by atoms with Crippen molar-refractivity contribution in [3.8, 4) is 0 Å². The maximum Gasteiger partial charge on any atom is 0.195 e. The highest BCUT2D eigenvalue weighted by atomic mass is 16.3. The topological polar surface area (TPSA) is 56.3 Å². The van der Waals surface area contributed by atoms with Gasteiger partial charge in [-0.2, -0.15) is 0 Å². The van der Waals surface area contributed by atoms with E-state index in [0.29, 0.717) is 0 Å². The molecular formula is C24H26N2O2. The van der Waals surface area contributed by atoms with Crippen LogP contribution < -0.4 is 4.90 Å². The Labute approximate surface area is 165 Å². The summed E-state index contributed by atoms with van der Waals surface area (Å²) in [7, 11) is 0. The third-order valence-corrected chi connectivity index (χ3v) is 6.56. The number of aromatic nitrogens is 1. The van der Waals surface area contributed by atoms with Crippen LogP contribution in [0.2, 0.25) is 0 Å². The zero-order chi connectivity index (χ0) is 19.6. The molecule has 1 saturated heterocycles. The standard InChI is InChI=1S/C24H26N2O2/c1-14-4-6-18-20(12-14)25-23-21(18)22(28)17-7-5-15(13-19(17)24(23,2)3)26-10-8-16(27)9-11-26/h4-7,12-13,16,25,27H,8-11H2,1-3H3. The summed E-state index contributed by atoms with van der Waals surface area (Å²) in [6.45, 7) is 8.17. The number of fused-ring (bicyclic) bond motifs is 4. The van der Waals surface area contributed by atoms with E-state index in [1.54, 1.807) is 0 Å². The van der Waals surface area contributed by atoms with Crippen molar-refractivity contribution >= 4 is 22.4 Å². The summed E-state index contributed by atoms with van der Waals surface area (Å²) in [6.07, 6.45) is 1.40. The van der Waals surface area contributed by atoms with Gasteiger partial charge in [-0.05, 0) is 55.2 Å².